The molecule has 1 heterocycles. The summed E-state index contributed by atoms with van der Waals surface area (Å²) < 4.78 is 0.869. The van der Waals surface area contributed by atoms with Crippen molar-refractivity contribution in [2.75, 3.05) is 5.32 Å². The number of carboxylic acids is 2. The molecule has 2 amide bonds. The van der Waals surface area contributed by atoms with Gasteiger partial charge >= 0.3 is 18.0 Å². The van der Waals surface area contributed by atoms with E-state index in [2.05, 4.69) is 15.6 Å². The number of rotatable bonds is 5. The van der Waals surface area contributed by atoms with Crippen LogP contribution >= 0.6 is 11.3 Å². The summed E-state index contributed by atoms with van der Waals surface area (Å²) in [6, 6.07) is 2.75. The molecule has 0 fully saturated rings. The van der Waals surface area contributed by atoms with Gasteiger partial charge in [0.1, 0.15) is 6.04 Å². The monoisotopic (exact) mass is 309 g/mol. The molecule has 0 aliphatic rings. The number of benzene rings is 1. The van der Waals surface area contributed by atoms with Gasteiger partial charge in [0.25, 0.3) is 0 Å². The second kappa shape index (κ2) is 6.18. The highest BCUT2D eigenvalue weighted by Crippen LogP contribution is 2.21. The molecule has 1 aromatic carbocycles. The van der Waals surface area contributed by atoms with Crippen molar-refractivity contribution in [2.24, 2.45) is 0 Å². The van der Waals surface area contributed by atoms with Crippen LogP contribution in [-0.4, -0.2) is 39.2 Å². The molecule has 2 rings (SSSR count). The Bertz CT molecular complexity index is 699. The fraction of sp³-hybridized carbons (Fsp3) is 0.167. The quantitative estimate of drug-likeness (QED) is 0.660. The van der Waals surface area contributed by atoms with Crippen LogP contribution in [0, 0.1) is 0 Å². The Kier molecular flexibility index (Phi) is 4.33. The van der Waals surface area contributed by atoms with Crippen molar-refractivity contribution in [3.63, 3.8) is 0 Å². The maximum Gasteiger partial charge on any atom is 0.326 e. The summed E-state index contributed by atoms with van der Waals surface area (Å²) >= 11 is 1.40. The number of fused-ring (bicyclic) bond motifs is 1. The predicted molar refractivity (Wildman–Crippen MR) is 75.5 cm³/mol. The number of amides is 2. The number of anilines is 1. The Hall–Kier alpha value is -2.68. The van der Waals surface area contributed by atoms with E-state index in [0.717, 1.165) is 10.2 Å². The van der Waals surface area contributed by atoms with Crippen molar-refractivity contribution in [1.29, 1.82) is 0 Å². The van der Waals surface area contributed by atoms with Gasteiger partial charge in [-0.2, -0.15) is 0 Å². The number of hydrogen-bond donors (Lipinski definition) is 4. The van der Waals surface area contributed by atoms with Crippen molar-refractivity contribution in [2.45, 2.75) is 12.5 Å². The third kappa shape index (κ3) is 3.89. The maximum atomic E-state index is 11.7. The lowest BCUT2D eigenvalue weighted by molar-refractivity contribution is -0.145. The average Bonchev–Trinajstić information content (AvgIpc) is 2.84. The van der Waals surface area contributed by atoms with E-state index >= 15 is 0 Å². The third-order valence-electron chi connectivity index (χ3n) is 2.57. The zero-order chi connectivity index (χ0) is 15.4. The van der Waals surface area contributed by atoms with E-state index in [1.54, 1.807) is 23.7 Å². The molecular weight excluding hydrogens is 298 g/mol. The number of aliphatic carboxylic acids is 2. The van der Waals surface area contributed by atoms with Crippen LogP contribution in [0.5, 0.6) is 0 Å². The Morgan fingerprint density at radius 1 is 1.29 bits per heavy atom. The number of carbonyl (C=O) groups is 3. The van der Waals surface area contributed by atoms with Gasteiger partial charge in [-0.1, -0.05) is 0 Å². The second-order valence-corrected chi connectivity index (χ2v) is 5.01. The number of nitrogens with zero attached hydrogens (tertiary/aromatic N) is 1. The predicted octanol–water partition coefficient (Wildman–Crippen LogP) is 1.35. The lowest BCUT2D eigenvalue weighted by atomic mass is 10.2. The molecule has 8 nitrogen and oxygen atoms in total. The highest BCUT2D eigenvalue weighted by Gasteiger charge is 2.22. The van der Waals surface area contributed by atoms with Crippen molar-refractivity contribution in [3.8, 4) is 0 Å². The molecule has 110 valence electrons. The lowest BCUT2D eigenvalue weighted by Gasteiger charge is -2.13. The van der Waals surface area contributed by atoms with E-state index in [1.807, 2.05) is 0 Å². The molecule has 0 aliphatic heterocycles. The molecule has 0 radical (unpaired) electrons. The summed E-state index contributed by atoms with van der Waals surface area (Å²) in [6.07, 6.45) is -0.698. The van der Waals surface area contributed by atoms with Crippen LogP contribution in [0.4, 0.5) is 10.5 Å². The molecule has 2 aromatic rings. The van der Waals surface area contributed by atoms with E-state index < -0.39 is 30.4 Å². The largest absolute Gasteiger partial charge is 0.481 e. The molecular formula is C12H11N3O5S. The summed E-state index contributed by atoms with van der Waals surface area (Å²) in [6.45, 7) is 0. The number of thiazole rings is 1. The van der Waals surface area contributed by atoms with Crippen LogP contribution in [0.2, 0.25) is 0 Å². The van der Waals surface area contributed by atoms with Gasteiger partial charge in [0.05, 0.1) is 22.1 Å². The van der Waals surface area contributed by atoms with Crippen LogP contribution in [0.25, 0.3) is 10.2 Å². The van der Waals surface area contributed by atoms with E-state index in [4.69, 9.17) is 10.2 Å². The van der Waals surface area contributed by atoms with Crippen LogP contribution < -0.4 is 10.6 Å². The smallest absolute Gasteiger partial charge is 0.326 e. The summed E-state index contributed by atoms with van der Waals surface area (Å²) in [5, 5.41) is 22.0. The first-order chi connectivity index (χ1) is 9.95. The highest BCUT2D eigenvalue weighted by molar-refractivity contribution is 7.16. The van der Waals surface area contributed by atoms with E-state index in [0.29, 0.717) is 5.69 Å². The van der Waals surface area contributed by atoms with Gasteiger partial charge in [-0.25, -0.2) is 14.6 Å². The normalized spacial score (nSPS) is 11.8. The molecule has 0 unspecified atom stereocenters. The van der Waals surface area contributed by atoms with Crippen LogP contribution in [0.3, 0.4) is 0 Å². The average molecular weight is 309 g/mol. The first kappa shape index (κ1) is 14.7. The second-order valence-electron chi connectivity index (χ2n) is 4.12. The number of carboxylic acid groups (broad SMARTS) is 2. The van der Waals surface area contributed by atoms with Gasteiger partial charge in [-0.3, -0.25) is 4.79 Å². The van der Waals surface area contributed by atoms with Gasteiger partial charge in [0.2, 0.25) is 0 Å². The fourth-order valence-electron chi connectivity index (χ4n) is 1.63. The van der Waals surface area contributed by atoms with E-state index in [9.17, 15) is 14.4 Å². The first-order valence-corrected chi connectivity index (χ1v) is 6.69. The number of hydrogen-bond acceptors (Lipinski definition) is 5. The minimum absolute atomic E-state index is 0.462. The van der Waals surface area contributed by atoms with Gasteiger partial charge < -0.3 is 20.8 Å². The first-order valence-electron chi connectivity index (χ1n) is 5.81. The van der Waals surface area contributed by atoms with Crippen molar-refractivity contribution < 1.29 is 24.6 Å². The van der Waals surface area contributed by atoms with Crippen molar-refractivity contribution in [3.05, 3.63) is 23.7 Å². The molecule has 1 atom stereocenters. The van der Waals surface area contributed by atoms with Crippen molar-refractivity contribution in [1.82, 2.24) is 10.3 Å². The number of urea groups is 1. The zero-order valence-electron chi connectivity index (χ0n) is 10.6. The summed E-state index contributed by atoms with van der Waals surface area (Å²) in [4.78, 5) is 37.2. The minimum atomic E-state index is -1.49. The SMILES string of the molecule is O=C(O)C[C@H](NC(=O)Nc1ccc2ncsc2c1)C(=O)O. The summed E-state index contributed by atoms with van der Waals surface area (Å²) in [5.74, 6) is -2.72. The molecule has 9 heteroatoms. The molecule has 21 heavy (non-hydrogen) atoms. The van der Waals surface area contributed by atoms with E-state index in [-0.39, 0.29) is 0 Å². The highest BCUT2D eigenvalue weighted by atomic mass is 32.1. The van der Waals surface area contributed by atoms with Gasteiger partial charge in [-0.05, 0) is 18.2 Å². The topological polar surface area (TPSA) is 129 Å². The standard InChI is InChI=1S/C12H11N3O5S/c16-10(17)4-8(11(18)19)15-12(20)14-6-1-2-7-9(3-6)21-5-13-7/h1-3,5,8H,4H2,(H,16,17)(H,18,19)(H2,14,15,20)/t8-/m0/s1. The number of carbonyl (C=O) groups excluding carboxylic acids is 1. The molecule has 0 bridgehead atoms. The van der Waals surface area contributed by atoms with Gasteiger partial charge in [0, 0.05) is 5.69 Å². The van der Waals surface area contributed by atoms with E-state index in [1.165, 1.54) is 11.3 Å². The van der Waals surface area contributed by atoms with Gasteiger partial charge in [0.15, 0.2) is 0 Å². The Balaban J connectivity index is 2.02. The van der Waals surface area contributed by atoms with Crippen LogP contribution in [0.15, 0.2) is 23.7 Å². The maximum absolute atomic E-state index is 11.7. The Morgan fingerprint density at radius 2 is 2.05 bits per heavy atom. The zero-order valence-corrected chi connectivity index (χ0v) is 11.4. The fourth-order valence-corrected chi connectivity index (χ4v) is 2.35. The van der Waals surface area contributed by atoms with Crippen LogP contribution in [-0.2, 0) is 9.59 Å². The molecule has 0 aliphatic carbocycles. The molecule has 0 spiro atoms. The molecule has 1 aromatic heterocycles. The molecule has 0 saturated carbocycles. The lowest BCUT2D eigenvalue weighted by Crippen LogP contribution is -2.44. The Morgan fingerprint density at radius 3 is 2.71 bits per heavy atom. The minimum Gasteiger partial charge on any atom is -0.481 e. The third-order valence-corrected chi connectivity index (χ3v) is 3.36. The van der Waals surface area contributed by atoms with Crippen LogP contribution in [0.1, 0.15) is 6.42 Å². The summed E-state index contributed by atoms with van der Waals surface area (Å²) in [7, 11) is 0. The number of aromatic nitrogens is 1. The summed E-state index contributed by atoms with van der Waals surface area (Å²) in [5.41, 5.74) is 2.92. The molecule has 4 N–H and O–H groups in total. The molecule has 0 saturated heterocycles. The Labute approximate surface area is 122 Å². The van der Waals surface area contributed by atoms with Gasteiger partial charge in [-0.15, -0.1) is 11.3 Å². The van der Waals surface area contributed by atoms with Crippen molar-refractivity contribution >= 4 is 45.2 Å². The number of nitrogens with one attached hydrogen (secondary N) is 2.